The normalized spacial score (nSPS) is 11.6. The lowest BCUT2D eigenvalue weighted by Gasteiger charge is -2.14. The summed E-state index contributed by atoms with van der Waals surface area (Å²) in [6.45, 7) is 0. The predicted molar refractivity (Wildman–Crippen MR) is 156 cm³/mol. The van der Waals surface area contributed by atoms with Gasteiger partial charge in [0.25, 0.3) is 0 Å². The summed E-state index contributed by atoms with van der Waals surface area (Å²) in [6.07, 6.45) is 1.76. The van der Waals surface area contributed by atoms with Gasteiger partial charge in [0.05, 0.1) is 28.4 Å². The summed E-state index contributed by atoms with van der Waals surface area (Å²) in [5.41, 5.74) is 7.20. The highest BCUT2D eigenvalue weighted by atomic mass is 16.3. The van der Waals surface area contributed by atoms with Gasteiger partial charge < -0.3 is 8.98 Å². The van der Waals surface area contributed by atoms with Crippen molar-refractivity contribution in [1.82, 2.24) is 19.3 Å². The quantitative estimate of drug-likeness (QED) is 0.243. The molecule has 0 radical (unpaired) electrons. The molecule has 0 fully saturated rings. The van der Waals surface area contributed by atoms with E-state index in [0.717, 1.165) is 66.9 Å². The second-order valence-corrected chi connectivity index (χ2v) is 9.59. The lowest BCUT2D eigenvalue weighted by Crippen LogP contribution is -2.02. The van der Waals surface area contributed by atoms with E-state index in [9.17, 15) is 0 Å². The Kier molecular flexibility index (Phi) is 4.76. The Morgan fingerprint density at radius 1 is 0.513 bits per heavy atom. The molecule has 0 saturated carbocycles. The summed E-state index contributed by atoms with van der Waals surface area (Å²) in [6, 6.07) is 43.8. The van der Waals surface area contributed by atoms with Crippen LogP contribution in [0.5, 0.6) is 0 Å². The van der Waals surface area contributed by atoms with Gasteiger partial charge in [-0.1, -0.05) is 84.9 Å². The molecule has 3 aromatic heterocycles. The maximum Gasteiger partial charge on any atom is 0.168 e. The topological polar surface area (TPSA) is 48.8 Å². The van der Waals surface area contributed by atoms with Gasteiger partial charge >= 0.3 is 0 Å². The fraction of sp³-hybridized carbons (Fsp3) is 0. The third kappa shape index (κ3) is 3.33. The fourth-order valence-corrected chi connectivity index (χ4v) is 5.60. The molecule has 184 valence electrons. The van der Waals surface area contributed by atoms with E-state index in [1.54, 1.807) is 6.26 Å². The Hall–Kier alpha value is -5.42. The lowest BCUT2D eigenvalue weighted by molar-refractivity contribution is 0.619. The van der Waals surface area contributed by atoms with Gasteiger partial charge in [0, 0.05) is 27.6 Å². The first kappa shape index (κ1) is 21.6. The van der Waals surface area contributed by atoms with Gasteiger partial charge in [0.1, 0.15) is 5.58 Å². The van der Waals surface area contributed by atoms with Crippen LogP contribution in [0.1, 0.15) is 0 Å². The van der Waals surface area contributed by atoms with Crippen LogP contribution in [0.25, 0.3) is 66.9 Å². The Morgan fingerprint density at radius 3 is 1.87 bits per heavy atom. The molecule has 0 aliphatic carbocycles. The van der Waals surface area contributed by atoms with Crippen molar-refractivity contribution in [1.29, 1.82) is 0 Å². The second kappa shape index (κ2) is 8.57. The number of nitrogens with zero attached hydrogens (tertiary/aromatic N) is 4. The first-order valence-corrected chi connectivity index (χ1v) is 12.9. The van der Waals surface area contributed by atoms with Crippen LogP contribution in [0.15, 0.2) is 138 Å². The van der Waals surface area contributed by atoms with Crippen LogP contribution in [0.2, 0.25) is 0 Å². The van der Waals surface area contributed by atoms with E-state index >= 15 is 0 Å². The summed E-state index contributed by atoms with van der Waals surface area (Å²) in [5.74, 6) is 1.59. The molecule has 0 aliphatic rings. The van der Waals surface area contributed by atoms with E-state index in [-0.39, 0.29) is 0 Å². The third-order valence-corrected chi connectivity index (χ3v) is 7.33. The van der Waals surface area contributed by atoms with Crippen LogP contribution in [0.3, 0.4) is 0 Å². The van der Waals surface area contributed by atoms with Gasteiger partial charge in [0.2, 0.25) is 0 Å². The van der Waals surface area contributed by atoms with Crippen molar-refractivity contribution < 1.29 is 4.42 Å². The second-order valence-electron chi connectivity index (χ2n) is 9.59. The Balaban J connectivity index is 1.40. The van der Waals surface area contributed by atoms with Crippen LogP contribution < -0.4 is 0 Å². The average Bonchev–Trinajstić information content (AvgIpc) is 3.73. The van der Waals surface area contributed by atoms with Crippen molar-refractivity contribution in [3.8, 4) is 34.2 Å². The highest BCUT2D eigenvalue weighted by Gasteiger charge is 2.19. The zero-order valence-electron chi connectivity index (χ0n) is 20.9. The molecule has 0 N–H and O–H groups in total. The van der Waals surface area contributed by atoms with E-state index in [2.05, 4.69) is 104 Å². The molecule has 5 heteroatoms. The van der Waals surface area contributed by atoms with Gasteiger partial charge in [-0.25, -0.2) is 0 Å². The molecule has 8 rings (SSSR count). The number of fused-ring (bicyclic) bond motifs is 5. The zero-order chi connectivity index (χ0) is 25.8. The highest BCUT2D eigenvalue weighted by Crippen LogP contribution is 2.38. The third-order valence-electron chi connectivity index (χ3n) is 7.33. The predicted octanol–water partition coefficient (Wildman–Crippen LogP) is 8.44. The smallest absolute Gasteiger partial charge is 0.168 e. The minimum atomic E-state index is 0.797. The maximum atomic E-state index is 5.97. The molecular weight excluding hydrogens is 480 g/mol. The molecule has 0 saturated heterocycles. The first-order valence-electron chi connectivity index (χ1n) is 12.9. The number of benzene rings is 5. The summed E-state index contributed by atoms with van der Waals surface area (Å²) in [4.78, 5) is 0. The van der Waals surface area contributed by atoms with Crippen LogP contribution in [-0.4, -0.2) is 19.3 Å². The van der Waals surface area contributed by atoms with E-state index in [1.807, 2.05) is 42.5 Å². The molecule has 39 heavy (non-hydrogen) atoms. The van der Waals surface area contributed by atoms with Crippen molar-refractivity contribution >= 4 is 32.8 Å². The van der Waals surface area contributed by atoms with Gasteiger partial charge in [-0.2, -0.15) is 0 Å². The van der Waals surface area contributed by atoms with Crippen LogP contribution in [0.4, 0.5) is 0 Å². The molecule has 0 bridgehead atoms. The van der Waals surface area contributed by atoms with E-state index in [0.29, 0.717) is 0 Å². The van der Waals surface area contributed by atoms with Crippen LogP contribution >= 0.6 is 0 Å². The minimum Gasteiger partial charge on any atom is -0.464 e. The summed E-state index contributed by atoms with van der Waals surface area (Å²) >= 11 is 0. The van der Waals surface area contributed by atoms with Crippen molar-refractivity contribution in [2.75, 3.05) is 0 Å². The first-order chi connectivity index (χ1) is 19.4. The lowest BCUT2D eigenvalue weighted by atomic mass is 10.1. The van der Waals surface area contributed by atoms with E-state index < -0.39 is 0 Å². The van der Waals surface area contributed by atoms with E-state index in [4.69, 9.17) is 4.42 Å². The standard InChI is InChI=1S/C34H22N4O/c1-3-10-24(11-4-1)33-35-36-34(25-12-5-2-6-13-25)38(33)27-15-9-14-26(22-27)37-29-17-8-7-16-28(29)31-30(37)19-18-23-20-21-39-32(23)31/h1-22H. The SMILES string of the molecule is c1ccc(-c2nnc(-c3ccccc3)n2-c2cccc(-n3c4ccccc4c4c5occc5ccc43)c2)cc1. The van der Waals surface area contributed by atoms with Crippen LogP contribution in [-0.2, 0) is 0 Å². The van der Waals surface area contributed by atoms with Crippen molar-refractivity contribution in [3.05, 3.63) is 134 Å². The van der Waals surface area contributed by atoms with Gasteiger partial charge in [-0.15, -0.1) is 10.2 Å². The van der Waals surface area contributed by atoms with Gasteiger partial charge in [-0.3, -0.25) is 4.57 Å². The largest absolute Gasteiger partial charge is 0.464 e. The molecule has 0 atom stereocenters. The molecule has 8 aromatic rings. The van der Waals surface area contributed by atoms with Gasteiger partial charge in [-0.05, 0) is 42.5 Å². The summed E-state index contributed by atoms with van der Waals surface area (Å²) < 4.78 is 10.4. The number of para-hydroxylation sites is 1. The Labute approximate surface area is 224 Å². The molecule has 5 nitrogen and oxygen atoms in total. The number of hydrogen-bond acceptors (Lipinski definition) is 3. The number of hydrogen-bond donors (Lipinski definition) is 0. The van der Waals surface area contributed by atoms with Crippen LogP contribution in [0, 0.1) is 0 Å². The molecule has 0 spiro atoms. The molecule has 5 aromatic carbocycles. The van der Waals surface area contributed by atoms with Crippen molar-refractivity contribution in [2.24, 2.45) is 0 Å². The number of rotatable bonds is 4. The van der Waals surface area contributed by atoms with Gasteiger partial charge in [0.15, 0.2) is 11.6 Å². The fourth-order valence-electron chi connectivity index (χ4n) is 5.60. The molecular formula is C34H22N4O. The van der Waals surface area contributed by atoms with E-state index in [1.165, 1.54) is 0 Å². The monoisotopic (exact) mass is 502 g/mol. The minimum absolute atomic E-state index is 0.797. The molecule has 0 unspecified atom stereocenters. The Bertz CT molecular complexity index is 2060. The molecule has 0 aliphatic heterocycles. The molecule has 3 heterocycles. The molecule has 0 amide bonds. The van der Waals surface area contributed by atoms with Crippen molar-refractivity contribution in [3.63, 3.8) is 0 Å². The maximum absolute atomic E-state index is 5.97. The summed E-state index contributed by atoms with van der Waals surface area (Å²) in [7, 11) is 0. The Morgan fingerprint density at radius 2 is 1.15 bits per heavy atom. The number of aromatic nitrogens is 4. The summed E-state index contributed by atoms with van der Waals surface area (Å²) in [5, 5.41) is 12.7. The highest BCUT2D eigenvalue weighted by molar-refractivity contribution is 6.19. The zero-order valence-corrected chi connectivity index (χ0v) is 20.9. The average molecular weight is 503 g/mol. The number of furan rings is 1. The van der Waals surface area contributed by atoms with Crippen molar-refractivity contribution in [2.45, 2.75) is 0 Å².